The van der Waals surface area contributed by atoms with Crippen LogP contribution in [0.15, 0.2) is 48.6 Å². The molecule has 1 amide bonds. The minimum absolute atomic E-state index is 0.00659. The van der Waals surface area contributed by atoms with Gasteiger partial charge in [-0.25, -0.2) is 4.21 Å². The van der Waals surface area contributed by atoms with Crippen molar-refractivity contribution in [1.82, 2.24) is 9.62 Å². The van der Waals surface area contributed by atoms with E-state index in [-0.39, 0.29) is 28.4 Å². The molecule has 274 valence electrons. The molecule has 2 aliphatic carbocycles. The molecule has 1 spiro atoms. The molecule has 2 bridgehead atoms. The quantitative estimate of drug-likeness (QED) is 0.234. The van der Waals surface area contributed by atoms with Crippen LogP contribution in [0.2, 0.25) is 5.02 Å². The fraction of sp³-hybridized carbons (Fsp3) is 0.561. The molecule has 3 heterocycles. The molecule has 3 aliphatic heterocycles. The van der Waals surface area contributed by atoms with Gasteiger partial charge in [-0.15, -0.1) is 0 Å². The van der Waals surface area contributed by atoms with Crippen molar-refractivity contribution >= 4 is 38.8 Å². The van der Waals surface area contributed by atoms with Gasteiger partial charge in [-0.3, -0.25) is 14.4 Å². The number of amides is 1. The number of benzene rings is 2. The summed E-state index contributed by atoms with van der Waals surface area (Å²) in [6.45, 7) is 9.89. The Kier molecular flexibility index (Phi) is 10.5. The second-order valence-electron chi connectivity index (χ2n) is 15.4. The molecule has 2 fully saturated rings. The van der Waals surface area contributed by atoms with Gasteiger partial charge < -0.3 is 19.1 Å². The van der Waals surface area contributed by atoms with E-state index < -0.39 is 15.3 Å². The number of methoxy groups -OCH3 is 1. The number of allylic oxidation sites excluding steroid dienone is 1. The van der Waals surface area contributed by atoms with Crippen molar-refractivity contribution in [3.8, 4) is 17.6 Å². The number of fused-ring (bicyclic) bond motifs is 4. The van der Waals surface area contributed by atoms with Crippen molar-refractivity contribution in [2.45, 2.75) is 68.6 Å². The molecule has 8 nitrogen and oxygen atoms in total. The monoisotopic (exact) mass is 733 g/mol. The summed E-state index contributed by atoms with van der Waals surface area (Å²) >= 11 is 6.49. The summed E-state index contributed by atoms with van der Waals surface area (Å²) in [5, 5.41) is 0.395. The third kappa shape index (κ3) is 7.32. The third-order valence-electron chi connectivity index (χ3n) is 12.3. The lowest BCUT2D eigenvalue weighted by molar-refractivity contribution is -0.0352. The lowest BCUT2D eigenvalue weighted by Crippen LogP contribution is -2.52. The molecule has 1 unspecified atom stereocenters. The molecule has 7 atom stereocenters. The van der Waals surface area contributed by atoms with Crippen LogP contribution in [0.5, 0.6) is 5.75 Å². The molecule has 1 N–H and O–H groups in total. The number of aryl methyl sites for hydroxylation is 1. The van der Waals surface area contributed by atoms with Crippen molar-refractivity contribution < 1.29 is 23.2 Å². The number of halogens is 1. The summed E-state index contributed by atoms with van der Waals surface area (Å²) < 4.78 is 35.5. The Morgan fingerprint density at radius 3 is 2.75 bits per heavy atom. The Balaban J connectivity index is 1.30. The van der Waals surface area contributed by atoms with Gasteiger partial charge >= 0.3 is 0 Å². The number of carbonyl (C=O) groups is 1. The van der Waals surface area contributed by atoms with Crippen LogP contribution in [0.3, 0.4) is 0 Å². The van der Waals surface area contributed by atoms with Crippen LogP contribution in [0.25, 0.3) is 0 Å². The van der Waals surface area contributed by atoms with Gasteiger partial charge in [0.05, 0.1) is 41.8 Å². The molecule has 1 saturated carbocycles. The van der Waals surface area contributed by atoms with Crippen molar-refractivity contribution in [1.29, 1.82) is 0 Å². The van der Waals surface area contributed by atoms with E-state index in [1.54, 1.807) is 13.2 Å². The Morgan fingerprint density at radius 2 is 1.98 bits per heavy atom. The van der Waals surface area contributed by atoms with Crippen molar-refractivity contribution in [3.05, 3.63) is 70.3 Å². The maximum absolute atomic E-state index is 14.0. The highest BCUT2D eigenvalue weighted by Gasteiger charge is 2.48. The summed E-state index contributed by atoms with van der Waals surface area (Å²) in [6, 6.07) is 11.9. The average Bonchev–Trinajstić information content (AvgIpc) is 3.26. The van der Waals surface area contributed by atoms with Gasteiger partial charge in [-0.2, -0.15) is 0 Å². The van der Waals surface area contributed by atoms with Crippen molar-refractivity contribution in [2.75, 3.05) is 64.6 Å². The van der Waals surface area contributed by atoms with E-state index in [0.29, 0.717) is 31.1 Å². The molecular formula is C41H52ClN3O5S. The molecule has 0 radical (unpaired) electrons. The van der Waals surface area contributed by atoms with E-state index in [0.717, 1.165) is 88.0 Å². The standard InChI is InChI=1S/C41H52ClN3O5S/c1-29-8-5-17-41(48-3,18-7-19-44-20-22-49-23-21-44)36-13-10-33(36)26-45-27-40(16-6-9-31-24-34(42)12-14-35(31)40)28-50-38-15-11-32(25-37(38)45)39(46)43-51(4,47)30(29)2/h5,11-12,14-15,17,24-25,29-30,33,36H,4,6,8-10,13,16,19-23,26-28H2,1-3H3,(H,43,46,47)/b17-5+/t29-,30+,33-,36+,40-,41+,51?/m0/s1. The van der Waals surface area contributed by atoms with Crippen LogP contribution >= 0.6 is 11.6 Å². The maximum atomic E-state index is 14.0. The van der Waals surface area contributed by atoms with Gasteiger partial charge in [0.1, 0.15) is 11.4 Å². The van der Waals surface area contributed by atoms with Gasteiger partial charge in [0.15, 0.2) is 0 Å². The number of rotatable bonds is 2. The predicted octanol–water partition coefficient (Wildman–Crippen LogP) is 5.91. The molecule has 7 rings (SSSR count). The molecule has 5 aliphatic rings. The molecule has 1 saturated heterocycles. The smallest absolute Gasteiger partial charge is 0.262 e. The first-order valence-corrected chi connectivity index (χ1v) is 20.7. The first-order valence-electron chi connectivity index (χ1n) is 18.5. The number of ether oxygens (including phenoxy) is 3. The van der Waals surface area contributed by atoms with Crippen LogP contribution in [0.1, 0.15) is 67.4 Å². The molecule has 0 aromatic heterocycles. The largest absolute Gasteiger partial charge is 0.490 e. The zero-order valence-electron chi connectivity index (χ0n) is 30.3. The predicted molar refractivity (Wildman–Crippen MR) is 206 cm³/mol. The Hall–Kier alpha value is -3.00. The number of nitrogens with one attached hydrogen (secondary N) is 1. The van der Waals surface area contributed by atoms with E-state index in [1.807, 2.05) is 25.1 Å². The first-order chi connectivity index (χ1) is 24.5. The highest BCUT2D eigenvalue weighted by Crippen LogP contribution is 2.49. The molecule has 51 heavy (non-hydrogen) atoms. The summed E-state index contributed by atoms with van der Waals surface area (Å²) in [7, 11) is -1.19. The second kappa shape index (κ2) is 14.8. The minimum Gasteiger partial charge on any atom is -0.490 e. The lowest BCUT2D eigenvalue weighted by Gasteiger charge is -2.48. The summed E-state index contributed by atoms with van der Waals surface area (Å²) in [5.41, 5.74) is 2.89. The molecular weight excluding hydrogens is 682 g/mol. The fourth-order valence-electron chi connectivity index (χ4n) is 8.80. The van der Waals surface area contributed by atoms with Crippen LogP contribution in [0.4, 0.5) is 5.69 Å². The van der Waals surface area contributed by atoms with Gasteiger partial charge in [0.25, 0.3) is 5.91 Å². The second-order valence-corrected chi connectivity index (χ2v) is 18.2. The number of morpholine rings is 1. The van der Waals surface area contributed by atoms with Gasteiger partial charge in [0.2, 0.25) is 0 Å². The van der Waals surface area contributed by atoms with E-state index in [4.69, 9.17) is 25.8 Å². The zero-order chi connectivity index (χ0) is 35.8. The van der Waals surface area contributed by atoms with E-state index >= 15 is 0 Å². The number of hydrogen-bond acceptors (Lipinski definition) is 7. The third-order valence-corrected chi connectivity index (χ3v) is 14.7. The van der Waals surface area contributed by atoms with E-state index in [9.17, 15) is 9.00 Å². The summed E-state index contributed by atoms with van der Waals surface area (Å²) in [6.07, 6.45) is 10.0. The number of anilines is 1. The molecule has 2 aromatic carbocycles. The number of hydrogen-bond donors (Lipinski definition) is 1. The van der Waals surface area contributed by atoms with Crippen molar-refractivity contribution in [3.63, 3.8) is 0 Å². The summed E-state index contributed by atoms with van der Waals surface area (Å²) in [4.78, 5) is 18.5. The van der Waals surface area contributed by atoms with E-state index in [2.05, 4.69) is 63.4 Å². The van der Waals surface area contributed by atoms with Crippen LogP contribution in [0, 0.1) is 29.6 Å². The summed E-state index contributed by atoms with van der Waals surface area (Å²) in [5.74, 6) is 12.0. The number of carbonyl (C=O) groups excluding carboxylic acids is 1. The van der Waals surface area contributed by atoms with Gasteiger partial charge in [-0.05, 0) is 111 Å². The molecule has 10 heteroatoms. The first kappa shape index (κ1) is 36.4. The average molecular weight is 734 g/mol. The van der Waals surface area contributed by atoms with Crippen LogP contribution in [-0.2, 0) is 31.0 Å². The van der Waals surface area contributed by atoms with Gasteiger partial charge in [0, 0.05) is 60.5 Å². The highest BCUT2D eigenvalue weighted by atomic mass is 35.5. The number of nitrogens with zero attached hydrogens (tertiary/aromatic N) is 2. The fourth-order valence-corrected chi connectivity index (χ4v) is 10.5. The van der Waals surface area contributed by atoms with Crippen LogP contribution in [-0.4, -0.2) is 91.4 Å². The van der Waals surface area contributed by atoms with E-state index in [1.165, 1.54) is 11.1 Å². The Labute approximate surface area is 309 Å². The minimum atomic E-state index is -2.97. The van der Waals surface area contributed by atoms with Crippen molar-refractivity contribution in [2.24, 2.45) is 17.8 Å². The topological polar surface area (TPSA) is 80.3 Å². The lowest BCUT2D eigenvalue weighted by atomic mass is 9.64. The zero-order valence-corrected chi connectivity index (χ0v) is 31.8. The SMILES string of the molecule is C=S1(=O)NC(=O)c2ccc3c(c2)N(C[C@@H]2CC[C@H]2[C@@](C#CCN2CCOCC2)(OC)/C=C/C[C@H](C)[C@H]1C)C[C@@]1(CCCc2cc(Cl)ccc21)CO3. The highest BCUT2D eigenvalue weighted by molar-refractivity contribution is 7.99. The maximum Gasteiger partial charge on any atom is 0.262 e. The Bertz CT molecular complexity index is 1830. The van der Waals surface area contributed by atoms with Gasteiger partial charge in [-0.1, -0.05) is 42.5 Å². The normalized spacial score (nSPS) is 34.7. The van der Waals surface area contributed by atoms with Crippen LogP contribution < -0.4 is 14.4 Å². The Morgan fingerprint density at radius 1 is 1.16 bits per heavy atom. The molecule has 2 aromatic rings.